The number of aliphatic carboxylic acids is 1. The van der Waals surface area contributed by atoms with Crippen LogP contribution in [0.25, 0.3) is 0 Å². The third-order valence-corrected chi connectivity index (χ3v) is 7.31. The molecule has 0 spiro atoms. The Kier molecular flexibility index (Phi) is 24.7. The molecule has 2 atom stereocenters. The van der Waals surface area contributed by atoms with Crippen molar-refractivity contribution in [3.63, 3.8) is 0 Å². The Morgan fingerprint density at radius 1 is 0.500 bits per heavy atom. The van der Waals surface area contributed by atoms with Crippen LogP contribution >= 0.6 is 0 Å². The van der Waals surface area contributed by atoms with Crippen LogP contribution < -0.4 is 0 Å². The first-order valence-electron chi connectivity index (χ1n) is 14.9. The van der Waals surface area contributed by atoms with Crippen LogP contribution in [0.15, 0.2) is 0 Å². The number of carbonyl (C=O) groups is 1. The molecule has 0 saturated heterocycles. The summed E-state index contributed by atoms with van der Waals surface area (Å²) in [6, 6.07) is 0. The summed E-state index contributed by atoms with van der Waals surface area (Å²) in [7, 11) is 0. The Morgan fingerprint density at radius 3 is 1.19 bits per heavy atom. The highest BCUT2D eigenvalue weighted by atomic mass is 16.4. The third kappa shape index (κ3) is 21.3. The van der Waals surface area contributed by atoms with Crippen LogP contribution in [0.5, 0.6) is 0 Å². The summed E-state index contributed by atoms with van der Waals surface area (Å²) in [4.78, 5) is 12.0. The maximum Gasteiger partial charge on any atom is 0.306 e. The second kappa shape index (κ2) is 25.1. The van der Waals surface area contributed by atoms with E-state index in [0.29, 0.717) is 5.92 Å². The second-order valence-corrected chi connectivity index (χ2v) is 10.5. The minimum Gasteiger partial charge on any atom is -0.481 e. The number of rotatable bonds is 26. The van der Waals surface area contributed by atoms with Gasteiger partial charge in [-0.15, -0.1) is 0 Å². The Hall–Kier alpha value is -0.530. The fraction of sp³-hybridized carbons (Fsp3) is 0.967. The summed E-state index contributed by atoms with van der Waals surface area (Å²) in [6.07, 6.45) is 30.8. The largest absolute Gasteiger partial charge is 0.481 e. The summed E-state index contributed by atoms with van der Waals surface area (Å²) in [6.45, 7) is 6.81. The quantitative estimate of drug-likeness (QED) is 0.132. The van der Waals surface area contributed by atoms with Crippen molar-refractivity contribution in [3.8, 4) is 0 Å². The fourth-order valence-corrected chi connectivity index (χ4v) is 5.08. The smallest absolute Gasteiger partial charge is 0.306 e. The number of carboxylic acid groups (broad SMARTS) is 1. The first kappa shape index (κ1) is 31.5. The Bertz CT molecular complexity index is 379. The zero-order valence-electron chi connectivity index (χ0n) is 22.5. The van der Waals surface area contributed by atoms with Crippen LogP contribution in [0.3, 0.4) is 0 Å². The van der Waals surface area contributed by atoms with Crippen molar-refractivity contribution in [2.24, 2.45) is 11.8 Å². The Balaban J connectivity index is 4.17. The van der Waals surface area contributed by atoms with E-state index in [1.54, 1.807) is 0 Å². The van der Waals surface area contributed by atoms with Crippen LogP contribution in [-0.2, 0) is 4.79 Å². The van der Waals surface area contributed by atoms with Gasteiger partial charge in [-0.05, 0) is 18.8 Å². The van der Waals surface area contributed by atoms with Crippen LogP contribution in [0.2, 0.25) is 0 Å². The summed E-state index contributed by atoms with van der Waals surface area (Å²) < 4.78 is 0. The average Bonchev–Trinajstić information content (AvgIpc) is 2.78. The lowest BCUT2D eigenvalue weighted by atomic mass is 9.84. The topological polar surface area (TPSA) is 37.3 Å². The maximum absolute atomic E-state index is 12.0. The lowest BCUT2D eigenvalue weighted by molar-refractivity contribution is -0.142. The molecular formula is C30H60O2. The normalized spacial score (nSPS) is 13.3. The van der Waals surface area contributed by atoms with Gasteiger partial charge in [0, 0.05) is 0 Å². The molecule has 2 heteroatoms. The molecule has 0 saturated carbocycles. The summed E-state index contributed by atoms with van der Waals surface area (Å²) in [5.74, 6) is -0.0232. The van der Waals surface area contributed by atoms with Crippen molar-refractivity contribution in [1.82, 2.24) is 0 Å². The minimum atomic E-state index is -0.539. The molecule has 0 fully saturated rings. The molecule has 2 unspecified atom stereocenters. The van der Waals surface area contributed by atoms with E-state index in [2.05, 4.69) is 20.8 Å². The number of unbranched alkanes of at least 4 members (excludes halogenated alkanes) is 17. The van der Waals surface area contributed by atoms with Gasteiger partial charge >= 0.3 is 5.97 Å². The highest BCUT2D eigenvalue weighted by Crippen LogP contribution is 2.28. The van der Waals surface area contributed by atoms with Gasteiger partial charge in [-0.2, -0.15) is 0 Å². The van der Waals surface area contributed by atoms with E-state index in [1.165, 1.54) is 135 Å². The molecular weight excluding hydrogens is 392 g/mol. The van der Waals surface area contributed by atoms with Gasteiger partial charge in [0.1, 0.15) is 0 Å². The van der Waals surface area contributed by atoms with E-state index < -0.39 is 5.97 Å². The van der Waals surface area contributed by atoms with Gasteiger partial charge in [0.25, 0.3) is 0 Å². The average molecular weight is 453 g/mol. The van der Waals surface area contributed by atoms with Crippen molar-refractivity contribution in [1.29, 1.82) is 0 Å². The molecule has 0 aliphatic carbocycles. The van der Waals surface area contributed by atoms with Gasteiger partial charge in [-0.3, -0.25) is 4.79 Å². The molecule has 0 aliphatic heterocycles. The molecule has 0 radical (unpaired) electrons. The van der Waals surface area contributed by atoms with E-state index in [1.807, 2.05) is 0 Å². The van der Waals surface area contributed by atoms with Crippen LogP contribution in [0, 0.1) is 11.8 Å². The zero-order valence-corrected chi connectivity index (χ0v) is 22.5. The first-order valence-corrected chi connectivity index (χ1v) is 14.9. The van der Waals surface area contributed by atoms with Crippen LogP contribution in [-0.4, -0.2) is 11.1 Å². The SMILES string of the molecule is CCCCCCCCCCCCC(CC(CCCCCC)CCCCCCCC)C(=O)O. The van der Waals surface area contributed by atoms with Gasteiger partial charge in [0.15, 0.2) is 0 Å². The van der Waals surface area contributed by atoms with Crippen molar-refractivity contribution in [2.75, 3.05) is 0 Å². The fourth-order valence-electron chi connectivity index (χ4n) is 5.08. The molecule has 0 aromatic rings. The molecule has 0 heterocycles. The standard InChI is InChI=1S/C30H60O2/c1-4-7-10-13-15-16-17-18-20-23-26-29(30(31)32)27-28(24-21-12-9-6-3)25-22-19-14-11-8-5-2/h28-29H,4-27H2,1-3H3,(H,31,32). The number of carboxylic acids is 1. The predicted molar refractivity (Wildman–Crippen MR) is 142 cm³/mol. The lowest BCUT2D eigenvalue weighted by Crippen LogP contribution is -2.18. The molecule has 1 N–H and O–H groups in total. The van der Waals surface area contributed by atoms with Crippen molar-refractivity contribution >= 4 is 5.97 Å². The number of hydrogen-bond acceptors (Lipinski definition) is 1. The first-order chi connectivity index (χ1) is 15.7. The molecule has 0 bridgehead atoms. The summed E-state index contributed by atoms with van der Waals surface area (Å²) >= 11 is 0. The van der Waals surface area contributed by atoms with Crippen LogP contribution in [0.4, 0.5) is 0 Å². The van der Waals surface area contributed by atoms with E-state index >= 15 is 0 Å². The van der Waals surface area contributed by atoms with Gasteiger partial charge < -0.3 is 5.11 Å². The minimum absolute atomic E-state index is 0.111. The molecule has 0 aliphatic rings. The zero-order chi connectivity index (χ0) is 23.7. The van der Waals surface area contributed by atoms with E-state index in [-0.39, 0.29) is 5.92 Å². The van der Waals surface area contributed by atoms with Gasteiger partial charge in [-0.1, -0.05) is 162 Å². The monoisotopic (exact) mass is 452 g/mol. The molecule has 0 rings (SSSR count). The maximum atomic E-state index is 12.0. The molecule has 0 aromatic carbocycles. The second-order valence-electron chi connectivity index (χ2n) is 10.5. The molecule has 192 valence electrons. The van der Waals surface area contributed by atoms with Crippen molar-refractivity contribution in [2.45, 2.75) is 175 Å². The highest BCUT2D eigenvalue weighted by molar-refractivity contribution is 5.69. The van der Waals surface area contributed by atoms with Crippen molar-refractivity contribution < 1.29 is 9.90 Å². The molecule has 0 amide bonds. The third-order valence-electron chi connectivity index (χ3n) is 7.31. The molecule has 32 heavy (non-hydrogen) atoms. The number of hydrogen-bond donors (Lipinski definition) is 1. The van der Waals surface area contributed by atoms with Crippen molar-refractivity contribution in [3.05, 3.63) is 0 Å². The summed E-state index contributed by atoms with van der Waals surface area (Å²) in [5.41, 5.74) is 0. The van der Waals surface area contributed by atoms with E-state index in [0.717, 1.165) is 19.3 Å². The van der Waals surface area contributed by atoms with Gasteiger partial charge in [-0.25, -0.2) is 0 Å². The molecule has 2 nitrogen and oxygen atoms in total. The predicted octanol–water partition coefficient (Wildman–Crippen LogP) is 10.7. The van der Waals surface area contributed by atoms with Crippen LogP contribution in [0.1, 0.15) is 175 Å². The van der Waals surface area contributed by atoms with Gasteiger partial charge in [0.2, 0.25) is 0 Å². The lowest BCUT2D eigenvalue weighted by Gasteiger charge is -2.21. The Morgan fingerprint density at radius 2 is 0.812 bits per heavy atom. The molecule has 0 aromatic heterocycles. The Labute approximate surface area is 202 Å². The van der Waals surface area contributed by atoms with E-state index in [4.69, 9.17) is 0 Å². The highest BCUT2D eigenvalue weighted by Gasteiger charge is 2.22. The summed E-state index contributed by atoms with van der Waals surface area (Å²) in [5, 5.41) is 9.84. The van der Waals surface area contributed by atoms with E-state index in [9.17, 15) is 9.90 Å². The van der Waals surface area contributed by atoms with Gasteiger partial charge in [0.05, 0.1) is 5.92 Å².